The van der Waals surface area contributed by atoms with Gasteiger partial charge in [0.2, 0.25) is 5.88 Å². The molecule has 0 saturated heterocycles. The maximum atomic E-state index is 11.5. The third kappa shape index (κ3) is 3.32. The van der Waals surface area contributed by atoms with Crippen LogP contribution in [0.4, 0.5) is 5.69 Å². The second-order valence-electron chi connectivity index (χ2n) is 4.15. The Morgan fingerprint density at radius 2 is 1.90 bits per heavy atom. The van der Waals surface area contributed by atoms with Crippen LogP contribution in [0.1, 0.15) is 12.5 Å². The Morgan fingerprint density at radius 3 is 2.55 bits per heavy atom. The number of aromatic amines is 2. The molecule has 1 aromatic heterocycles. The Labute approximate surface area is 114 Å². The SMILES string of the molecule is C/C(C=Nc1ccccc1)=C\c1c(O)[nH]c(=O)[nH]c1=O. The van der Waals surface area contributed by atoms with Crippen LogP contribution in [0.15, 0.2) is 50.5 Å². The third-order valence-electron chi connectivity index (χ3n) is 2.50. The van der Waals surface area contributed by atoms with Crippen LogP contribution in [0.25, 0.3) is 6.08 Å². The van der Waals surface area contributed by atoms with Gasteiger partial charge in [0, 0.05) is 6.21 Å². The van der Waals surface area contributed by atoms with E-state index in [2.05, 4.69) is 9.98 Å². The minimum atomic E-state index is -0.750. The van der Waals surface area contributed by atoms with Crippen molar-refractivity contribution in [3.05, 3.63) is 62.3 Å². The summed E-state index contributed by atoms with van der Waals surface area (Å²) in [6.45, 7) is 1.73. The van der Waals surface area contributed by atoms with Crippen LogP contribution >= 0.6 is 0 Å². The second-order valence-corrected chi connectivity index (χ2v) is 4.15. The van der Waals surface area contributed by atoms with Gasteiger partial charge in [-0.2, -0.15) is 0 Å². The number of hydrogen-bond acceptors (Lipinski definition) is 4. The zero-order valence-electron chi connectivity index (χ0n) is 10.8. The highest BCUT2D eigenvalue weighted by Gasteiger charge is 2.05. The Balaban J connectivity index is 2.30. The number of H-pyrrole nitrogens is 2. The van der Waals surface area contributed by atoms with E-state index in [1.165, 1.54) is 6.08 Å². The molecule has 0 radical (unpaired) electrons. The number of nitrogens with zero attached hydrogens (tertiary/aromatic N) is 1. The quantitative estimate of drug-likeness (QED) is 0.739. The molecule has 0 aliphatic heterocycles. The lowest BCUT2D eigenvalue weighted by molar-refractivity contribution is 0.447. The summed E-state index contributed by atoms with van der Waals surface area (Å²) >= 11 is 0. The number of benzene rings is 1. The molecule has 0 spiro atoms. The topological polar surface area (TPSA) is 98.3 Å². The summed E-state index contributed by atoms with van der Waals surface area (Å²) in [6, 6.07) is 9.30. The molecule has 0 amide bonds. The molecule has 0 fully saturated rings. The number of aromatic hydroxyl groups is 1. The predicted octanol–water partition coefficient (Wildman–Crippen LogP) is 1.57. The number of nitrogens with one attached hydrogen (secondary N) is 2. The summed E-state index contributed by atoms with van der Waals surface area (Å²) < 4.78 is 0. The van der Waals surface area contributed by atoms with Gasteiger partial charge in [0.1, 0.15) is 5.56 Å². The summed E-state index contributed by atoms with van der Waals surface area (Å²) in [5, 5.41) is 9.54. The molecule has 6 nitrogen and oxygen atoms in total. The molecule has 2 aromatic rings. The van der Waals surface area contributed by atoms with Gasteiger partial charge in [-0.25, -0.2) is 4.79 Å². The Hall–Kier alpha value is -2.89. The van der Waals surface area contributed by atoms with Gasteiger partial charge in [0.05, 0.1) is 5.69 Å². The number of allylic oxidation sites excluding steroid dienone is 1. The summed E-state index contributed by atoms with van der Waals surface area (Å²) in [5.74, 6) is -0.466. The van der Waals surface area contributed by atoms with E-state index in [0.717, 1.165) is 5.69 Å². The third-order valence-corrected chi connectivity index (χ3v) is 2.50. The highest BCUT2D eigenvalue weighted by atomic mass is 16.3. The van der Waals surface area contributed by atoms with E-state index < -0.39 is 17.1 Å². The lowest BCUT2D eigenvalue weighted by Crippen LogP contribution is -2.23. The van der Waals surface area contributed by atoms with Crippen molar-refractivity contribution in [1.82, 2.24) is 9.97 Å². The van der Waals surface area contributed by atoms with Gasteiger partial charge in [-0.3, -0.25) is 19.8 Å². The zero-order chi connectivity index (χ0) is 14.5. The van der Waals surface area contributed by atoms with Gasteiger partial charge in [0.15, 0.2) is 0 Å². The Morgan fingerprint density at radius 1 is 1.20 bits per heavy atom. The van der Waals surface area contributed by atoms with E-state index in [-0.39, 0.29) is 5.56 Å². The van der Waals surface area contributed by atoms with Gasteiger partial charge in [0.25, 0.3) is 5.56 Å². The molecular weight excluding hydrogens is 258 g/mol. The van der Waals surface area contributed by atoms with E-state index in [4.69, 9.17) is 0 Å². The number of para-hydroxylation sites is 1. The largest absolute Gasteiger partial charge is 0.494 e. The fraction of sp³-hybridized carbons (Fsp3) is 0.0714. The van der Waals surface area contributed by atoms with Crippen molar-refractivity contribution in [1.29, 1.82) is 0 Å². The van der Waals surface area contributed by atoms with Crippen LogP contribution in [0.5, 0.6) is 5.88 Å². The maximum Gasteiger partial charge on any atom is 0.328 e. The molecule has 20 heavy (non-hydrogen) atoms. The lowest BCUT2D eigenvalue weighted by Gasteiger charge is -1.98. The van der Waals surface area contributed by atoms with Crippen LogP contribution in [0.2, 0.25) is 0 Å². The number of aromatic nitrogens is 2. The van der Waals surface area contributed by atoms with Crippen LogP contribution in [-0.2, 0) is 0 Å². The number of aliphatic imine (C=N–C) groups is 1. The molecule has 0 saturated carbocycles. The first-order valence-electron chi connectivity index (χ1n) is 5.89. The van der Waals surface area contributed by atoms with Crippen LogP contribution < -0.4 is 11.2 Å². The van der Waals surface area contributed by atoms with Gasteiger partial charge in [-0.15, -0.1) is 0 Å². The fourth-order valence-electron chi connectivity index (χ4n) is 1.57. The molecule has 0 unspecified atom stereocenters. The molecule has 1 aromatic carbocycles. The van der Waals surface area contributed by atoms with Gasteiger partial charge in [-0.1, -0.05) is 18.2 Å². The summed E-state index contributed by atoms with van der Waals surface area (Å²) in [6.07, 6.45) is 3.01. The lowest BCUT2D eigenvalue weighted by atomic mass is 10.2. The minimum absolute atomic E-state index is 0.0124. The minimum Gasteiger partial charge on any atom is -0.494 e. The normalized spacial score (nSPS) is 11.9. The smallest absolute Gasteiger partial charge is 0.328 e. The first-order valence-corrected chi connectivity index (χ1v) is 5.89. The van der Waals surface area contributed by atoms with Gasteiger partial charge >= 0.3 is 5.69 Å². The number of hydrogen-bond donors (Lipinski definition) is 3. The van der Waals surface area contributed by atoms with Crippen molar-refractivity contribution in [3.63, 3.8) is 0 Å². The zero-order valence-corrected chi connectivity index (χ0v) is 10.8. The molecule has 0 aliphatic carbocycles. The first kappa shape index (κ1) is 13.5. The maximum absolute atomic E-state index is 11.5. The molecular formula is C14H13N3O3. The van der Waals surface area contributed by atoms with Gasteiger partial charge < -0.3 is 5.11 Å². The number of rotatable bonds is 3. The fourth-order valence-corrected chi connectivity index (χ4v) is 1.57. The van der Waals surface area contributed by atoms with E-state index in [1.54, 1.807) is 13.1 Å². The molecule has 6 heteroatoms. The van der Waals surface area contributed by atoms with Crippen molar-refractivity contribution in [2.75, 3.05) is 0 Å². The Kier molecular flexibility index (Phi) is 3.95. The first-order chi connectivity index (χ1) is 9.56. The monoisotopic (exact) mass is 271 g/mol. The van der Waals surface area contributed by atoms with E-state index in [1.807, 2.05) is 35.3 Å². The highest BCUT2D eigenvalue weighted by Crippen LogP contribution is 2.12. The molecule has 1 heterocycles. The molecule has 0 bridgehead atoms. The van der Waals surface area contributed by atoms with Crippen LogP contribution in [0, 0.1) is 0 Å². The average Bonchev–Trinajstić information content (AvgIpc) is 2.42. The molecule has 0 aliphatic rings. The van der Waals surface area contributed by atoms with E-state index in [9.17, 15) is 14.7 Å². The Bertz CT molecular complexity index is 770. The summed E-state index contributed by atoms with van der Waals surface area (Å²) in [4.78, 5) is 30.9. The van der Waals surface area contributed by atoms with Crippen molar-refractivity contribution in [2.24, 2.45) is 4.99 Å². The summed E-state index contributed by atoms with van der Waals surface area (Å²) in [5.41, 5.74) is 0.0159. The van der Waals surface area contributed by atoms with Crippen LogP contribution in [0.3, 0.4) is 0 Å². The van der Waals surface area contributed by atoms with Crippen molar-refractivity contribution < 1.29 is 5.11 Å². The van der Waals surface area contributed by atoms with Crippen molar-refractivity contribution >= 4 is 18.0 Å². The second kappa shape index (κ2) is 5.83. The summed E-state index contributed by atoms with van der Waals surface area (Å²) in [7, 11) is 0. The van der Waals surface area contributed by atoms with Crippen molar-refractivity contribution in [3.8, 4) is 5.88 Å². The van der Waals surface area contributed by atoms with Gasteiger partial charge in [-0.05, 0) is 30.7 Å². The van der Waals surface area contributed by atoms with E-state index >= 15 is 0 Å². The molecule has 3 N–H and O–H groups in total. The average molecular weight is 271 g/mol. The van der Waals surface area contributed by atoms with Crippen LogP contribution in [-0.4, -0.2) is 21.3 Å². The highest BCUT2D eigenvalue weighted by molar-refractivity contribution is 5.86. The predicted molar refractivity (Wildman–Crippen MR) is 77.6 cm³/mol. The molecule has 2 rings (SSSR count). The molecule has 102 valence electrons. The van der Waals surface area contributed by atoms with E-state index in [0.29, 0.717) is 5.57 Å². The standard InChI is InChI=1S/C14H13N3O3/c1-9(8-15-10-5-3-2-4-6-10)7-11-12(18)16-14(20)17-13(11)19/h2-8H,1H3,(H3,16,17,18,19,20)/b9-7+,15-8?. The molecule has 0 atom stereocenters. The van der Waals surface area contributed by atoms with Crippen molar-refractivity contribution in [2.45, 2.75) is 6.92 Å².